The van der Waals surface area contributed by atoms with Crippen molar-refractivity contribution in [2.45, 2.75) is 46.8 Å². The lowest BCUT2D eigenvalue weighted by molar-refractivity contribution is -0.255. The second-order valence-corrected chi connectivity index (χ2v) is 5.96. The Bertz CT molecular complexity index is 272. The first kappa shape index (κ1) is 12.1. The molecule has 0 saturated carbocycles. The van der Waals surface area contributed by atoms with Crippen LogP contribution in [0, 0.1) is 17.3 Å². The zero-order valence-electron chi connectivity index (χ0n) is 11.0. The summed E-state index contributed by atoms with van der Waals surface area (Å²) in [5, 5.41) is 0. The lowest BCUT2D eigenvalue weighted by Crippen LogP contribution is -2.48. The number of allylic oxidation sites excluding steroid dienone is 2. The second kappa shape index (κ2) is 4.50. The van der Waals surface area contributed by atoms with Gasteiger partial charge in [-0.25, -0.2) is 0 Å². The molecule has 1 aliphatic heterocycles. The molecule has 1 fully saturated rings. The third kappa shape index (κ3) is 2.18. The van der Waals surface area contributed by atoms with Crippen molar-refractivity contribution in [1.82, 2.24) is 0 Å². The van der Waals surface area contributed by atoms with Gasteiger partial charge in [-0.15, -0.1) is 0 Å². The molecule has 1 heterocycles. The molecule has 2 nitrogen and oxygen atoms in total. The normalized spacial score (nSPS) is 40.2. The Labute approximate surface area is 99.0 Å². The highest BCUT2D eigenvalue weighted by Gasteiger charge is 2.42. The van der Waals surface area contributed by atoms with E-state index in [2.05, 4.69) is 33.8 Å². The van der Waals surface area contributed by atoms with Crippen LogP contribution in [0.25, 0.3) is 0 Å². The number of rotatable bonds is 1. The largest absolute Gasteiger partial charge is 0.352 e. The summed E-state index contributed by atoms with van der Waals surface area (Å²) in [6.07, 6.45) is 4.68. The summed E-state index contributed by atoms with van der Waals surface area (Å²) in [5.41, 5.74) is 1.76. The molecule has 16 heavy (non-hydrogen) atoms. The van der Waals surface area contributed by atoms with Gasteiger partial charge in [0.2, 0.25) is 0 Å². The van der Waals surface area contributed by atoms with E-state index in [1.165, 1.54) is 12.0 Å². The van der Waals surface area contributed by atoms with Gasteiger partial charge in [-0.1, -0.05) is 32.4 Å². The van der Waals surface area contributed by atoms with Gasteiger partial charge in [0.05, 0.1) is 13.2 Å². The van der Waals surface area contributed by atoms with Crippen LogP contribution < -0.4 is 0 Å². The van der Waals surface area contributed by atoms with Crippen molar-refractivity contribution in [3.8, 4) is 0 Å². The van der Waals surface area contributed by atoms with Gasteiger partial charge in [0.15, 0.2) is 6.29 Å². The molecular weight excluding hydrogens is 200 g/mol. The molecule has 0 aromatic rings. The topological polar surface area (TPSA) is 18.5 Å². The molecule has 0 aromatic heterocycles. The van der Waals surface area contributed by atoms with E-state index < -0.39 is 0 Å². The number of hydrogen-bond donors (Lipinski definition) is 0. The van der Waals surface area contributed by atoms with Crippen molar-refractivity contribution in [2.75, 3.05) is 13.2 Å². The van der Waals surface area contributed by atoms with Gasteiger partial charge < -0.3 is 9.47 Å². The van der Waals surface area contributed by atoms with Crippen molar-refractivity contribution < 1.29 is 9.47 Å². The molecule has 1 spiro atoms. The summed E-state index contributed by atoms with van der Waals surface area (Å²) in [5.74, 6) is 1.12. The Morgan fingerprint density at radius 3 is 2.44 bits per heavy atom. The van der Waals surface area contributed by atoms with E-state index in [4.69, 9.17) is 9.47 Å². The maximum Gasteiger partial charge on any atom is 0.159 e. The summed E-state index contributed by atoms with van der Waals surface area (Å²) in [4.78, 5) is 0. The van der Waals surface area contributed by atoms with Crippen molar-refractivity contribution >= 4 is 0 Å². The molecule has 2 rings (SSSR count). The number of hydrogen-bond acceptors (Lipinski definition) is 2. The Morgan fingerprint density at radius 1 is 1.31 bits per heavy atom. The lowest BCUT2D eigenvalue weighted by atomic mass is 9.68. The second-order valence-electron chi connectivity index (χ2n) is 5.96. The average Bonchev–Trinajstić information content (AvgIpc) is 2.25. The van der Waals surface area contributed by atoms with Gasteiger partial charge in [-0.3, -0.25) is 0 Å². The predicted molar refractivity (Wildman–Crippen MR) is 65.1 cm³/mol. The molecule has 2 heteroatoms. The van der Waals surface area contributed by atoms with Crippen LogP contribution in [0.15, 0.2) is 11.6 Å². The highest BCUT2D eigenvalue weighted by atomic mass is 16.7. The van der Waals surface area contributed by atoms with Crippen LogP contribution in [-0.4, -0.2) is 19.5 Å². The van der Waals surface area contributed by atoms with Crippen molar-refractivity contribution in [2.24, 2.45) is 17.3 Å². The third-order valence-electron chi connectivity index (χ3n) is 4.15. The van der Waals surface area contributed by atoms with E-state index in [9.17, 15) is 0 Å². The van der Waals surface area contributed by atoms with Crippen molar-refractivity contribution in [1.29, 1.82) is 0 Å². The maximum absolute atomic E-state index is 5.89. The molecule has 0 aromatic carbocycles. The standard InChI is InChI=1S/C14H24O2/c1-10(2)13-15-8-14(9-16-13)6-5-11(3)7-12(14)4/h5,10,12-13H,6-9H2,1-4H3. The summed E-state index contributed by atoms with van der Waals surface area (Å²) < 4.78 is 11.8. The third-order valence-corrected chi connectivity index (χ3v) is 4.15. The molecule has 1 atom stereocenters. The van der Waals surface area contributed by atoms with Gasteiger partial charge in [0, 0.05) is 11.3 Å². The smallest absolute Gasteiger partial charge is 0.159 e. The molecule has 0 amide bonds. The van der Waals surface area contributed by atoms with Crippen molar-refractivity contribution in [3.05, 3.63) is 11.6 Å². The van der Waals surface area contributed by atoms with Gasteiger partial charge in [0.1, 0.15) is 0 Å². The zero-order valence-corrected chi connectivity index (χ0v) is 11.0. The Balaban J connectivity index is 2.01. The summed E-state index contributed by atoms with van der Waals surface area (Å²) in [6, 6.07) is 0. The first-order chi connectivity index (χ1) is 7.53. The van der Waals surface area contributed by atoms with Crippen LogP contribution in [0.1, 0.15) is 40.5 Å². The molecule has 1 saturated heterocycles. The van der Waals surface area contributed by atoms with E-state index in [0.29, 0.717) is 11.8 Å². The van der Waals surface area contributed by atoms with Crippen molar-refractivity contribution in [3.63, 3.8) is 0 Å². The van der Waals surface area contributed by atoms with E-state index in [1.54, 1.807) is 0 Å². The van der Waals surface area contributed by atoms with Gasteiger partial charge in [-0.05, 0) is 25.7 Å². The average molecular weight is 224 g/mol. The molecule has 2 aliphatic rings. The maximum atomic E-state index is 5.89. The fourth-order valence-electron chi connectivity index (χ4n) is 2.73. The molecule has 1 unspecified atom stereocenters. The first-order valence-electron chi connectivity index (χ1n) is 6.42. The minimum atomic E-state index is 0.00447. The number of ether oxygens (including phenoxy) is 2. The minimum Gasteiger partial charge on any atom is -0.352 e. The fourth-order valence-corrected chi connectivity index (χ4v) is 2.73. The van der Waals surface area contributed by atoms with E-state index in [1.807, 2.05) is 0 Å². The molecular formula is C14H24O2. The van der Waals surface area contributed by atoms with Gasteiger partial charge >= 0.3 is 0 Å². The Kier molecular flexibility index (Phi) is 3.41. The van der Waals surface area contributed by atoms with Crippen LogP contribution in [0.5, 0.6) is 0 Å². The van der Waals surface area contributed by atoms with Gasteiger partial charge in [-0.2, -0.15) is 0 Å². The van der Waals surface area contributed by atoms with Crippen LogP contribution >= 0.6 is 0 Å². The summed E-state index contributed by atoms with van der Waals surface area (Å²) in [6.45, 7) is 10.6. The monoisotopic (exact) mass is 224 g/mol. The van der Waals surface area contributed by atoms with E-state index in [0.717, 1.165) is 19.6 Å². The Hall–Kier alpha value is -0.340. The summed E-state index contributed by atoms with van der Waals surface area (Å²) in [7, 11) is 0. The van der Waals surface area contributed by atoms with E-state index >= 15 is 0 Å². The molecule has 1 aliphatic carbocycles. The quantitative estimate of drug-likeness (QED) is 0.636. The highest BCUT2D eigenvalue weighted by molar-refractivity contribution is 5.10. The van der Waals surface area contributed by atoms with Crippen LogP contribution in [0.3, 0.4) is 0 Å². The van der Waals surface area contributed by atoms with Crippen LogP contribution in [0.2, 0.25) is 0 Å². The highest BCUT2D eigenvalue weighted by Crippen LogP contribution is 2.43. The Morgan fingerprint density at radius 2 is 1.94 bits per heavy atom. The minimum absolute atomic E-state index is 0.00447. The zero-order chi connectivity index (χ0) is 11.8. The SMILES string of the molecule is CC1=CCC2(COC(C(C)C)OC2)C(C)C1. The first-order valence-corrected chi connectivity index (χ1v) is 6.42. The van der Waals surface area contributed by atoms with Crippen LogP contribution in [0.4, 0.5) is 0 Å². The summed E-state index contributed by atoms with van der Waals surface area (Å²) >= 11 is 0. The molecule has 0 N–H and O–H groups in total. The molecule has 92 valence electrons. The fraction of sp³-hybridized carbons (Fsp3) is 0.857. The molecule has 0 radical (unpaired) electrons. The predicted octanol–water partition coefficient (Wildman–Crippen LogP) is 3.38. The van der Waals surface area contributed by atoms with Gasteiger partial charge in [0.25, 0.3) is 0 Å². The molecule has 0 bridgehead atoms. The lowest BCUT2D eigenvalue weighted by Gasteiger charge is -2.46. The van der Waals surface area contributed by atoms with E-state index in [-0.39, 0.29) is 11.7 Å². The van der Waals surface area contributed by atoms with Crippen LogP contribution in [-0.2, 0) is 9.47 Å².